The minimum atomic E-state index is -1.09. The summed E-state index contributed by atoms with van der Waals surface area (Å²) in [6.07, 6.45) is 2.88. The molecule has 1 N–H and O–H groups in total. The van der Waals surface area contributed by atoms with Gasteiger partial charge in [-0.2, -0.15) is 0 Å². The number of halogens is 1. The second-order valence-corrected chi connectivity index (χ2v) is 8.09. The van der Waals surface area contributed by atoms with Gasteiger partial charge in [-0.1, -0.05) is 18.6 Å². The van der Waals surface area contributed by atoms with E-state index < -0.39 is 17.2 Å². The number of fused-ring (bicyclic) bond motifs is 1. The van der Waals surface area contributed by atoms with Crippen LogP contribution in [-0.2, 0) is 20.8 Å². The highest BCUT2D eigenvalue weighted by atomic mass is 19.1. The molecule has 6 nitrogen and oxygen atoms in total. The van der Waals surface area contributed by atoms with E-state index in [1.807, 2.05) is 0 Å². The number of nitrogens with zero attached hydrogens (tertiary/aromatic N) is 2. The summed E-state index contributed by atoms with van der Waals surface area (Å²) in [5.74, 6) is -1.69. The van der Waals surface area contributed by atoms with E-state index >= 15 is 0 Å². The molecule has 1 aliphatic carbocycles. The minimum absolute atomic E-state index is 0.0420. The van der Waals surface area contributed by atoms with E-state index in [-0.39, 0.29) is 43.2 Å². The zero-order chi connectivity index (χ0) is 19.2. The number of carbonyl (C=O) groups excluding carboxylic acids is 2. The van der Waals surface area contributed by atoms with Crippen molar-refractivity contribution in [3.05, 3.63) is 35.6 Å². The lowest BCUT2D eigenvalue weighted by molar-refractivity contribution is -0.149. The summed E-state index contributed by atoms with van der Waals surface area (Å²) >= 11 is 0. The van der Waals surface area contributed by atoms with E-state index in [2.05, 4.69) is 0 Å². The van der Waals surface area contributed by atoms with Gasteiger partial charge in [0.25, 0.3) is 0 Å². The van der Waals surface area contributed by atoms with Gasteiger partial charge >= 0.3 is 5.97 Å². The zero-order valence-electron chi connectivity index (χ0n) is 15.1. The van der Waals surface area contributed by atoms with Crippen molar-refractivity contribution in [3.8, 4) is 0 Å². The van der Waals surface area contributed by atoms with Crippen LogP contribution in [0, 0.1) is 23.1 Å². The molecule has 0 aromatic heterocycles. The first-order valence-electron chi connectivity index (χ1n) is 9.43. The van der Waals surface area contributed by atoms with Crippen LogP contribution in [0.5, 0.6) is 0 Å². The molecule has 2 atom stereocenters. The molecule has 3 aliphatic rings. The Morgan fingerprint density at radius 2 is 1.85 bits per heavy atom. The quantitative estimate of drug-likeness (QED) is 0.867. The molecule has 1 aromatic rings. The van der Waals surface area contributed by atoms with Crippen molar-refractivity contribution in [2.45, 2.75) is 25.7 Å². The normalized spacial score (nSPS) is 27.4. The van der Waals surface area contributed by atoms with E-state index in [9.17, 15) is 23.9 Å². The first-order chi connectivity index (χ1) is 12.9. The summed E-state index contributed by atoms with van der Waals surface area (Å²) in [4.78, 5) is 40.5. The van der Waals surface area contributed by atoms with E-state index in [1.165, 1.54) is 12.1 Å². The summed E-state index contributed by atoms with van der Waals surface area (Å²) in [5.41, 5.74) is -0.514. The fraction of sp³-hybridized carbons (Fsp3) is 0.550. The summed E-state index contributed by atoms with van der Waals surface area (Å²) in [7, 11) is 0. The molecular formula is C20H23FN2O4. The highest BCUT2D eigenvalue weighted by molar-refractivity contribution is 5.85. The Balaban J connectivity index is 1.45. The molecule has 1 saturated carbocycles. The Labute approximate surface area is 156 Å². The van der Waals surface area contributed by atoms with Crippen molar-refractivity contribution >= 4 is 17.8 Å². The second-order valence-electron chi connectivity index (χ2n) is 8.09. The number of hydrogen-bond donors (Lipinski definition) is 1. The van der Waals surface area contributed by atoms with Crippen molar-refractivity contribution in [2.24, 2.45) is 17.3 Å². The molecule has 1 aromatic carbocycles. The molecule has 144 valence electrons. The Hall–Kier alpha value is -2.44. The lowest BCUT2D eigenvalue weighted by atomic mass is 9.81. The van der Waals surface area contributed by atoms with E-state index in [0.717, 1.165) is 19.3 Å². The first kappa shape index (κ1) is 17.9. The van der Waals surface area contributed by atoms with Crippen LogP contribution in [0.3, 0.4) is 0 Å². The molecule has 0 spiro atoms. The van der Waals surface area contributed by atoms with Gasteiger partial charge in [-0.25, -0.2) is 4.39 Å². The van der Waals surface area contributed by atoms with Crippen LogP contribution in [0.25, 0.3) is 0 Å². The molecule has 4 rings (SSSR count). The van der Waals surface area contributed by atoms with Crippen LogP contribution in [0.2, 0.25) is 0 Å². The summed E-state index contributed by atoms with van der Waals surface area (Å²) in [6.45, 7) is 1.00. The largest absolute Gasteiger partial charge is 0.481 e. The topological polar surface area (TPSA) is 77.9 Å². The van der Waals surface area contributed by atoms with Gasteiger partial charge in [0.15, 0.2) is 0 Å². The third-order valence-corrected chi connectivity index (χ3v) is 6.40. The molecule has 2 aliphatic heterocycles. The number of amides is 2. The monoisotopic (exact) mass is 374 g/mol. The Morgan fingerprint density at radius 1 is 1.15 bits per heavy atom. The molecule has 2 saturated heterocycles. The van der Waals surface area contributed by atoms with Crippen molar-refractivity contribution in [2.75, 3.05) is 26.2 Å². The number of likely N-dealkylation sites (tertiary alicyclic amines) is 2. The number of carboxylic acids is 1. The smallest absolute Gasteiger partial charge is 0.313 e. The zero-order valence-corrected chi connectivity index (χ0v) is 15.1. The second kappa shape index (κ2) is 6.62. The van der Waals surface area contributed by atoms with Gasteiger partial charge in [-0.05, 0) is 30.5 Å². The van der Waals surface area contributed by atoms with Crippen LogP contribution >= 0.6 is 0 Å². The van der Waals surface area contributed by atoms with Crippen LogP contribution in [-0.4, -0.2) is 58.9 Å². The van der Waals surface area contributed by atoms with Crippen LogP contribution in [0.1, 0.15) is 24.8 Å². The number of carbonyl (C=O) groups is 3. The van der Waals surface area contributed by atoms with Crippen LogP contribution < -0.4 is 0 Å². The minimum Gasteiger partial charge on any atom is -0.481 e. The van der Waals surface area contributed by atoms with Gasteiger partial charge in [0, 0.05) is 38.0 Å². The van der Waals surface area contributed by atoms with E-state index in [1.54, 1.807) is 21.9 Å². The first-order valence-corrected chi connectivity index (χ1v) is 9.43. The van der Waals surface area contributed by atoms with Crippen molar-refractivity contribution in [1.82, 2.24) is 9.80 Å². The molecule has 7 heteroatoms. The van der Waals surface area contributed by atoms with E-state index in [4.69, 9.17) is 0 Å². The average Bonchev–Trinajstić information content (AvgIpc) is 3.08. The molecule has 2 heterocycles. The summed E-state index contributed by atoms with van der Waals surface area (Å²) in [5, 5.41) is 9.88. The average molecular weight is 374 g/mol. The van der Waals surface area contributed by atoms with Gasteiger partial charge in [0.05, 0.1) is 6.42 Å². The lowest BCUT2D eigenvalue weighted by Gasteiger charge is -2.31. The summed E-state index contributed by atoms with van der Waals surface area (Å²) in [6, 6.07) is 5.88. The molecular weight excluding hydrogens is 351 g/mol. The Bertz CT molecular complexity index is 794. The number of aliphatic carboxylic acids is 1. The maximum Gasteiger partial charge on any atom is 0.313 e. The van der Waals surface area contributed by atoms with Gasteiger partial charge in [-0.15, -0.1) is 0 Å². The van der Waals surface area contributed by atoms with Gasteiger partial charge in [0.1, 0.15) is 11.2 Å². The molecule has 0 radical (unpaired) electrons. The van der Waals surface area contributed by atoms with Crippen LogP contribution in [0.15, 0.2) is 24.3 Å². The predicted octanol–water partition coefficient (Wildman–Crippen LogP) is 1.54. The highest BCUT2D eigenvalue weighted by Gasteiger charge is 2.59. The molecule has 2 amide bonds. The standard InChI is InChI=1S/C20H23FN2O4/c21-16-6-1-3-13(7-16)8-17(24)22-9-15-10-23(18(25)14-4-2-5-14)12-20(15,11-22)19(26)27/h1,3,6-7,14-15H,2,4-5,8-12H2,(H,26,27)/t15-,20-/m0/s1. The fourth-order valence-electron chi connectivity index (χ4n) is 4.57. The number of carboxylic acid groups (broad SMARTS) is 1. The fourth-order valence-corrected chi connectivity index (χ4v) is 4.57. The van der Waals surface area contributed by atoms with Gasteiger partial charge in [0.2, 0.25) is 11.8 Å². The van der Waals surface area contributed by atoms with Crippen molar-refractivity contribution in [1.29, 1.82) is 0 Å². The Morgan fingerprint density at radius 3 is 2.44 bits per heavy atom. The maximum absolute atomic E-state index is 13.3. The lowest BCUT2D eigenvalue weighted by Crippen LogP contribution is -2.45. The third kappa shape index (κ3) is 3.09. The number of rotatable bonds is 4. The Kier molecular flexibility index (Phi) is 4.40. The number of benzene rings is 1. The van der Waals surface area contributed by atoms with E-state index in [0.29, 0.717) is 18.7 Å². The van der Waals surface area contributed by atoms with Crippen molar-refractivity contribution < 1.29 is 23.9 Å². The van der Waals surface area contributed by atoms with Crippen molar-refractivity contribution in [3.63, 3.8) is 0 Å². The predicted molar refractivity (Wildman–Crippen MR) is 94.2 cm³/mol. The summed E-state index contributed by atoms with van der Waals surface area (Å²) < 4.78 is 13.3. The molecule has 27 heavy (non-hydrogen) atoms. The maximum atomic E-state index is 13.3. The molecule has 3 fully saturated rings. The highest BCUT2D eigenvalue weighted by Crippen LogP contribution is 2.44. The van der Waals surface area contributed by atoms with Gasteiger partial charge < -0.3 is 14.9 Å². The number of hydrogen-bond acceptors (Lipinski definition) is 3. The van der Waals surface area contributed by atoms with Gasteiger partial charge in [-0.3, -0.25) is 14.4 Å². The van der Waals surface area contributed by atoms with Crippen LogP contribution in [0.4, 0.5) is 4.39 Å². The molecule has 0 bridgehead atoms. The third-order valence-electron chi connectivity index (χ3n) is 6.40. The molecule has 0 unspecified atom stereocenters. The SMILES string of the molecule is O=C(Cc1cccc(F)c1)N1C[C@H]2CN(C(=O)C3CCC3)C[C@@]2(C(=O)O)C1.